The van der Waals surface area contributed by atoms with Gasteiger partial charge in [-0.15, -0.1) is 0 Å². The van der Waals surface area contributed by atoms with Crippen molar-refractivity contribution in [2.45, 2.75) is 37.5 Å². The first kappa shape index (κ1) is 17.8. The highest BCUT2D eigenvalue weighted by molar-refractivity contribution is 5.81. The number of benzene rings is 1. The van der Waals surface area contributed by atoms with Gasteiger partial charge in [0.1, 0.15) is 6.04 Å². The molecule has 0 bridgehead atoms. The van der Waals surface area contributed by atoms with Gasteiger partial charge in [-0.3, -0.25) is 10.1 Å². The van der Waals surface area contributed by atoms with Crippen LogP contribution in [0.25, 0.3) is 0 Å². The first-order valence-corrected chi connectivity index (χ1v) is 7.01. The normalized spacial score (nSPS) is 27.1. The van der Waals surface area contributed by atoms with Crippen LogP contribution in [0, 0.1) is 10.1 Å². The van der Waals surface area contributed by atoms with Crippen LogP contribution < -0.4 is 5.32 Å². The van der Waals surface area contributed by atoms with E-state index < -0.39 is 45.7 Å². The van der Waals surface area contributed by atoms with Gasteiger partial charge in [0.15, 0.2) is 0 Å². The first-order chi connectivity index (χ1) is 11.0. The maximum atomic E-state index is 13.3. The highest BCUT2D eigenvalue weighted by Crippen LogP contribution is 2.44. The van der Waals surface area contributed by atoms with Crippen LogP contribution in [0.1, 0.15) is 30.9 Å². The summed E-state index contributed by atoms with van der Waals surface area (Å²) in [6, 6.07) is 3.12. The number of carboxylic acid groups (broad SMARTS) is 1. The molecule has 2 rings (SSSR count). The average molecular weight is 344 g/mol. The minimum atomic E-state index is -4.76. The molecule has 0 aliphatic carbocycles. The Morgan fingerprint density at radius 1 is 1.38 bits per heavy atom. The Hall–Kier alpha value is -2.58. The molecule has 1 aliphatic rings. The van der Waals surface area contributed by atoms with Crippen molar-refractivity contribution in [2.24, 2.45) is 0 Å². The molecule has 1 heterocycles. The summed E-state index contributed by atoms with van der Waals surface area (Å²) in [6.45, 7) is 2.79. The average Bonchev–Trinajstić information content (AvgIpc) is 2.44. The van der Waals surface area contributed by atoms with Crippen LogP contribution in [-0.4, -0.2) is 27.6 Å². The fourth-order valence-electron chi connectivity index (χ4n) is 3.17. The number of halogens is 3. The van der Waals surface area contributed by atoms with Crippen molar-refractivity contribution in [1.29, 1.82) is 0 Å². The molecule has 1 aromatic rings. The van der Waals surface area contributed by atoms with Gasteiger partial charge in [-0.2, -0.15) is 13.2 Å². The zero-order chi connectivity index (χ0) is 18.3. The lowest BCUT2D eigenvalue weighted by Crippen LogP contribution is -2.64. The van der Waals surface area contributed by atoms with Gasteiger partial charge in [-0.1, -0.05) is 24.3 Å². The zero-order valence-corrected chi connectivity index (χ0v) is 12.8. The Kier molecular flexibility index (Phi) is 4.30. The molecule has 0 fully saturated rings. The number of nitrogens with one attached hydrogen (secondary N) is 1. The number of alkyl halides is 3. The SMILES string of the molecule is CC1=CC(c2ccccc2C(F)(F)F)C(C(=O)O)([N+](=O)[O-])C(C)N1. The number of hydrogen-bond acceptors (Lipinski definition) is 4. The number of hydrogen-bond donors (Lipinski definition) is 2. The van der Waals surface area contributed by atoms with E-state index in [9.17, 15) is 33.2 Å². The zero-order valence-electron chi connectivity index (χ0n) is 12.8. The van der Waals surface area contributed by atoms with Crippen molar-refractivity contribution in [2.75, 3.05) is 0 Å². The number of nitrogens with zero attached hydrogens (tertiary/aromatic N) is 1. The predicted octanol–water partition coefficient (Wildman–Crippen LogP) is 2.78. The van der Waals surface area contributed by atoms with Crippen molar-refractivity contribution >= 4 is 5.97 Å². The Labute approximate surface area is 135 Å². The van der Waals surface area contributed by atoms with E-state index in [2.05, 4.69) is 5.32 Å². The third kappa shape index (κ3) is 2.59. The fourth-order valence-corrected chi connectivity index (χ4v) is 3.17. The van der Waals surface area contributed by atoms with Gasteiger partial charge < -0.3 is 10.4 Å². The molecule has 130 valence electrons. The largest absolute Gasteiger partial charge is 0.476 e. The quantitative estimate of drug-likeness (QED) is 0.650. The lowest BCUT2D eigenvalue weighted by Gasteiger charge is -2.38. The number of carbonyl (C=O) groups is 1. The number of nitro groups is 1. The van der Waals surface area contributed by atoms with E-state index in [1.54, 1.807) is 0 Å². The fraction of sp³-hybridized carbons (Fsp3) is 0.400. The molecule has 0 spiro atoms. The lowest BCUT2D eigenvalue weighted by atomic mass is 9.71. The molecule has 0 amide bonds. The summed E-state index contributed by atoms with van der Waals surface area (Å²) < 4.78 is 39.9. The molecule has 0 saturated heterocycles. The lowest BCUT2D eigenvalue weighted by molar-refractivity contribution is -0.562. The molecule has 9 heteroatoms. The van der Waals surface area contributed by atoms with Crippen molar-refractivity contribution < 1.29 is 28.0 Å². The van der Waals surface area contributed by atoms with Crippen LogP contribution in [0.3, 0.4) is 0 Å². The minimum absolute atomic E-state index is 0.378. The summed E-state index contributed by atoms with van der Waals surface area (Å²) in [5.41, 5.74) is -3.79. The molecule has 0 saturated carbocycles. The van der Waals surface area contributed by atoms with Crippen LogP contribution in [0.5, 0.6) is 0 Å². The van der Waals surface area contributed by atoms with E-state index in [1.165, 1.54) is 26.0 Å². The Balaban J connectivity index is 2.81. The van der Waals surface area contributed by atoms with Gasteiger partial charge >= 0.3 is 17.7 Å². The van der Waals surface area contributed by atoms with Gasteiger partial charge in [-0.25, -0.2) is 4.79 Å². The highest BCUT2D eigenvalue weighted by atomic mass is 19.4. The third-order valence-corrected chi connectivity index (χ3v) is 4.24. The van der Waals surface area contributed by atoms with Gasteiger partial charge in [-0.05, 0) is 25.5 Å². The third-order valence-electron chi connectivity index (χ3n) is 4.24. The van der Waals surface area contributed by atoms with Crippen molar-refractivity contribution in [1.82, 2.24) is 5.32 Å². The molecular formula is C15H15F3N2O4. The molecule has 24 heavy (non-hydrogen) atoms. The van der Waals surface area contributed by atoms with Crippen LogP contribution in [0.2, 0.25) is 0 Å². The van der Waals surface area contributed by atoms with Gasteiger partial charge in [0, 0.05) is 10.6 Å². The van der Waals surface area contributed by atoms with E-state index in [0.717, 1.165) is 18.2 Å². The summed E-state index contributed by atoms with van der Waals surface area (Å²) in [5, 5.41) is 23.9. The second kappa shape index (κ2) is 5.81. The van der Waals surface area contributed by atoms with E-state index in [-0.39, 0.29) is 0 Å². The Morgan fingerprint density at radius 2 is 1.96 bits per heavy atom. The standard InChI is InChI=1S/C15H15F3N2O4/c1-8-7-12(10-5-3-4-6-11(10)15(16,17)18)14(13(21)22,20(23)24)9(2)19-8/h3-7,9,12,19H,1-2H3,(H,21,22). The summed E-state index contributed by atoms with van der Waals surface area (Å²) in [4.78, 5) is 22.4. The Morgan fingerprint density at radius 3 is 2.46 bits per heavy atom. The summed E-state index contributed by atoms with van der Waals surface area (Å²) in [7, 11) is 0. The second-order valence-corrected chi connectivity index (χ2v) is 5.67. The molecule has 1 aliphatic heterocycles. The molecule has 3 atom stereocenters. The topological polar surface area (TPSA) is 92.5 Å². The number of rotatable bonds is 3. The summed E-state index contributed by atoms with van der Waals surface area (Å²) in [5.74, 6) is -3.36. The van der Waals surface area contributed by atoms with Gasteiger partial charge in [0.05, 0.1) is 11.5 Å². The van der Waals surface area contributed by atoms with E-state index in [4.69, 9.17) is 0 Å². The predicted molar refractivity (Wildman–Crippen MR) is 77.9 cm³/mol. The summed E-state index contributed by atoms with van der Waals surface area (Å²) in [6.07, 6.45) is -3.59. The Bertz CT molecular complexity index is 701. The van der Waals surface area contributed by atoms with E-state index in [0.29, 0.717) is 5.70 Å². The summed E-state index contributed by atoms with van der Waals surface area (Å²) >= 11 is 0. The van der Waals surface area contributed by atoms with E-state index >= 15 is 0 Å². The van der Waals surface area contributed by atoms with Crippen LogP contribution in [0.4, 0.5) is 13.2 Å². The smallest absolute Gasteiger partial charge is 0.416 e. The highest BCUT2D eigenvalue weighted by Gasteiger charge is 2.64. The molecule has 2 N–H and O–H groups in total. The monoisotopic (exact) mass is 344 g/mol. The number of allylic oxidation sites excluding steroid dienone is 1. The van der Waals surface area contributed by atoms with Gasteiger partial charge in [0.2, 0.25) is 0 Å². The van der Waals surface area contributed by atoms with Crippen molar-refractivity contribution in [3.05, 3.63) is 57.3 Å². The molecule has 3 unspecified atom stereocenters. The van der Waals surface area contributed by atoms with Crippen molar-refractivity contribution in [3.63, 3.8) is 0 Å². The molecule has 6 nitrogen and oxygen atoms in total. The molecular weight excluding hydrogens is 329 g/mol. The first-order valence-electron chi connectivity index (χ1n) is 7.01. The van der Waals surface area contributed by atoms with E-state index in [1.807, 2.05) is 0 Å². The van der Waals surface area contributed by atoms with Gasteiger partial charge in [0.25, 0.3) is 0 Å². The van der Waals surface area contributed by atoms with Crippen LogP contribution in [-0.2, 0) is 11.0 Å². The maximum Gasteiger partial charge on any atom is 0.416 e. The number of aliphatic carboxylic acids is 1. The number of carboxylic acids is 1. The van der Waals surface area contributed by atoms with Crippen LogP contribution in [0.15, 0.2) is 36.0 Å². The minimum Gasteiger partial charge on any atom is -0.476 e. The molecule has 0 radical (unpaired) electrons. The molecule has 0 aromatic heterocycles. The van der Waals surface area contributed by atoms with Crippen LogP contribution >= 0.6 is 0 Å². The maximum absolute atomic E-state index is 13.3. The second-order valence-electron chi connectivity index (χ2n) is 5.67. The van der Waals surface area contributed by atoms with Crippen molar-refractivity contribution in [3.8, 4) is 0 Å². The molecule has 1 aromatic carbocycles.